The van der Waals surface area contributed by atoms with Crippen LogP contribution in [0.15, 0.2) is 6.20 Å². The SMILES string of the molecule is CCN(c1ncc(C(C)O)s1)C(C)CN(C)C. The number of aromatic nitrogens is 1. The summed E-state index contributed by atoms with van der Waals surface area (Å²) in [6, 6.07) is 0.419. The van der Waals surface area contributed by atoms with Crippen molar-refractivity contribution in [1.29, 1.82) is 0 Å². The number of anilines is 1. The van der Waals surface area contributed by atoms with Crippen LogP contribution in [0.4, 0.5) is 5.13 Å². The standard InChI is InChI=1S/C12H23N3OS/c1-6-15(9(2)8-14(4)5)12-13-7-11(17-12)10(3)16/h7,9-10,16H,6,8H2,1-5H3. The van der Waals surface area contributed by atoms with Gasteiger partial charge in [-0.3, -0.25) is 0 Å². The Morgan fingerprint density at radius 2 is 2.06 bits per heavy atom. The lowest BCUT2D eigenvalue weighted by Crippen LogP contribution is -2.40. The van der Waals surface area contributed by atoms with E-state index < -0.39 is 6.10 Å². The van der Waals surface area contributed by atoms with Crippen LogP contribution < -0.4 is 4.90 Å². The van der Waals surface area contributed by atoms with Crippen molar-refractivity contribution in [1.82, 2.24) is 9.88 Å². The van der Waals surface area contributed by atoms with Crippen molar-refractivity contribution < 1.29 is 5.11 Å². The molecular formula is C12H23N3OS. The number of hydrogen-bond donors (Lipinski definition) is 1. The first-order valence-corrected chi connectivity index (χ1v) is 6.82. The van der Waals surface area contributed by atoms with Gasteiger partial charge in [0.1, 0.15) is 0 Å². The van der Waals surface area contributed by atoms with E-state index in [9.17, 15) is 5.11 Å². The summed E-state index contributed by atoms with van der Waals surface area (Å²) in [4.78, 5) is 9.78. The Kier molecular flexibility index (Phi) is 5.36. The summed E-state index contributed by atoms with van der Waals surface area (Å²) in [5, 5.41) is 10.5. The largest absolute Gasteiger partial charge is 0.388 e. The molecule has 2 atom stereocenters. The molecule has 0 amide bonds. The molecule has 2 unspecified atom stereocenters. The Balaban J connectivity index is 2.78. The predicted octanol–water partition coefficient (Wildman–Crippen LogP) is 1.97. The molecule has 1 aromatic rings. The van der Waals surface area contributed by atoms with Crippen LogP contribution in [0.1, 0.15) is 31.8 Å². The third kappa shape index (κ3) is 3.94. The van der Waals surface area contributed by atoms with Gasteiger partial charge >= 0.3 is 0 Å². The molecule has 0 saturated carbocycles. The Hall–Kier alpha value is -0.650. The minimum Gasteiger partial charge on any atom is -0.388 e. The van der Waals surface area contributed by atoms with Gasteiger partial charge < -0.3 is 14.9 Å². The maximum Gasteiger partial charge on any atom is 0.185 e. The van der Waals surface area contributed by atoms with Gasteiger partial charge in [-0.25, -0.2) is 4.98 Å². The van der Waals surface area contributed by atoms with Gasteiger partial charge in [0, 0.05) is 25.3 Å². The molecule has 5 heteroatoms. The van der Waals surface area contributed by atoms with Crippen molar-refractivity contribution in [2.45, 2.75) is 32.9 Å². The topological polar surface area (TPSA) is 39.6 Å². The van der Waals surface area contributed by atoms with Crippen LogP contribution in [0, 0.1) is 0 Å². The average molecular weight is 257 g/mol. The lowest BCUT2D eigenvalue weighted by molar-refractivity contribution is 0.203. The fraction of sp³-hybridized carbons (Fsp3) is 0.750. The highest BCUT2D eigenvalue weighted by Crippen LogP contribution is 2.28. The highest BCUT2D eigenvalue weighted by molar-refractivity contribution is 7.15. The number of rotatable bonds is 6. The fourth-order valence-corrected chi connectivity index (χ4v) is 2.88. The van der Waals surface area contributed by atoms with Gasteiger partial charge in [-0.2, -0.15) is 0 Å². The van der Waals surface area contributed by atoms with Crippen molar-refractivity contribution in [3.8, 4) is 0 Å². The molecule has 1 aromatic heterocycles. The Morgan fingerprint density at radius 3 is 2.47 bits per heavy atom. The minimum atomic E-state index is -0.427. The maximum atomic E-state index is 9.52. The van der Waals surface area contributed by atoms with Crippen LogP contribution in [0.2, 0.25) is 0 Å². The molecule has 0 fully saturated rings. The van der Waals surface area contributed by atoms with Gasteiger partial charge in [-0.05, 0) is 34.9 Å². The van der Waals surface area contributed by atoms with Crippen molar-refractivity contribution >= 4 is 16.5 Å². The van der Waals surface area contributed by atoms with Gasteiger partial charge in [0.05, 0.1) is 11.0 Å². The van der Waals surface area contributed by atoms with Gasteiger partial charge in [-0.1, -0.05) is 11.3 Å². The normalized spacial score (nSPS) is 15.0. The second-order valence-electron chi connectivity index (χ2n) is 4.62. The van der Waals surface area contributed by atoms with Crippen LogP contribution in [0.5, 0.6) is 0 Å². The lowest BCUT2D eigenvalue weighted by atomic mass is 10.3. The van der Waals surface area contributed by atoms with Crippen LogP contribution in [0.25, 0.3) is 0 Å². The van der Waals surface area contributed by atoms with Crippen LogP contribution >= 0.6 is 11.3 Å². The molecule has 0 aliphatic rings. The molecular weight excluding hydrogens is 234 g/mol. The number of thiazole rings is 1. The summed E-state index contributed by atoms with van der Waals surface area (Å²) in [7, 11) is 4.15. The summed E-state index contributed by atoms with van der Waals surface area (Å²) in [6.45, 7) is 8.04. The number of hydrogen-bond acceptors (Lipinski definition) is 5. The van der Waals surface area contributed by atoms with Crippen molar-refractivity contribution in [3.05, 3.63) is 11.1 Å². The monoisotopic (exact) mass is 257 g/mol. The number of likely N-dealkylation sites (N-methyl/N-ethyl adjacent to an activating group) is 2. The molecule has 0 aliphatic heterocycles. The molecule has 0 spiro atoms. The van der Waals surface area contributed by atoms with E-state index in [-0.39, 0.29) is 0 Å². The molecule has 0 aliphatic carbocycles. The summed E-state index contributed by atoms with van der Waals surface area (Å²) in [5.41, 5.74) is 0. The van der Waals surface area contributed by atoms with Crippen molar-refractivity contribution in [2.75, 3.05) is 32.1 Å². The maximum absolute atomic E-state index is 9.52. The van der Waals surface area contributed by atoms with Crippen molar-refractivity contribution in [3.63, 3.8) is 0 Å². The van der Waals surface area contributed by atoms with Crippen LogP contribution in [-0.4, -0.2) is 48.2 Å². The van der Waals surface area contributed by atoms with Gasteiger partial charge in [-0.15, -0.1) is 0 Å². The smallest absolute Gasteiger partial charge is 0.185 e. The number of aliphatic hydroxyl groups excluding tert-OH is 1. The highest BCUT2D eigenvalue weighted by Gasteiger charge is 2.17. The zero-order valence-electron chi connectivity index (χ0n) is 11.3. The molecule has 0 bridgehead atoms. The first-order chi connectivity index (χ1) is 7.95. The van der Waals surface area contributed by atoms with Gasteiger partial charge in [0.25, 0.3) is 0 Å². The Morgan fingerprint density at radius 1 is 1.41 bits per heavy atom. The Labute approximate surface area is 108 Å². The van der Waals surface area contributed by atoms with Crippen LogP contribution in [-0.2, 0) is 0 Å². The molecule has 1 rings (SSSR count). The fourth-order valence-electron chi connectivity index (χ4n) is 1.87. The van der Waals surface area contributed by atoms with E-state index in [0.717, 1.165) is 23.1 Å². The Bertz CT molecular complexity index is 338. The lowest BCUT2D eigenvalue weighted by Gasteiger charge is -2.29. The molecule has 1 heterocycles. The first kappa shape index (κ1) is 14.4. The van der Waals surface area contributed by atoms with E-state index in [1.54, 1.807) is 24.5 Å². The second kappa shape index (κ2) is 6.33. The van der Waals surface area contributed by atoms with E-state index in [0.29, 0.717) is 6.04 Å². The zero-order valence-corrected chi connectivity index (χ0v) is 12.2. The molecule has 1 N–H and O–H groups in total. The van der Waals surface area contributed by atoms with E-state index in [2.05, 4.69) is 42.7 Å². The van der Waals surface area contributed by atoms with Crippen molar-refractivity contribution in [2.24, 2.45) is 0 Å². The summed E-state index contributed by atoms with van der Waals surface area (Å²) in [6.07, 6.45) is 1.35. The average Bonchev–Trinajstić information content (AvgIpc) is 2.66. The number of aliphatic hydroxyl groups is 1. The molecule has 0 radical (unpaired) electrons. The number of nitrogens with zero attached hydrogens (tertiary/aromatic N) is 3. The third-order valence-corrected chi connectivity index (χ3v) is 3.88. The summed E-state index contributed by atoms with van der Waals surface area (Å²) >= 11 is 1.58. The summed E-state index contributed by atoms with van der Waals surface area (Å²) < 4.78 is 0. The summed E-state index contributed by atoms with van der Waals surface area (Å²) in [5.74, 6) is 0. The molecule has 0 saturated heterocycles. The molecule has 4 nitrogen and oxygen atoms in total. The second-order valence-corrected chi connectivity index (χ2v) is 5.66. The van der Waals surface area contributed by atoms with E-state index >= 15 is 0 Å². The molecule has 0 aromatic carbocycles. The van der Waals surface area contributed by atoms with E-state index in [1.165, 1.54) is 0 Å². The van der Waals surface area contributed by atoms with E-state index in [1.807, 2.05) is 0 Å². The van der Waals surface area contributed by atoms with Gasteiger partial charge in [0.2, 0.25) is 0 Å². The van der Waals surface area contributed by atoms with Gasteiger partial charge in [0.15, 0.2) is 5.13 Å². The molecule has 17 heavy (non-hydrogen) atoms. The van der Waals surface area contributed by atoms with Crippen LogP contribution in [0.3, 0.4) is 0 Å². The highest BCUT2D eigenvalue weighted by atomic mass is 32.1. The zero-order chi connectivity index (χ0) is 13.0. The quantitative estimate of drug-likeness (QED) is 0.846. The minimum absolute atomic E-state index is 0.419. The molecule has 98 valence electrons. The predicted molar refractivity (Wildman–Crippen MR) is 73.8 cm³/mol. The first-order valence-electron chi connectivity index (χ1n) is 6.00. The third-order valence-electron chi connectivity index (χ3n) is 2.67. The van der Waals surface area contributed by atoms with E-state index in [4.69, 9.17) is 0 Å².